The first-order valence-corrected chi connectivity index (χ1v) is 5.40. The quantitative estimate of drug-likeness (QED) is 0.529. The fourth-order valence-corrected chi connectivity index (χ4v) is 1.67. The van der Waals surface area contributed by atoms with E-state index in [4.69, 9.17) is 4.74 Å². The summed E-state index contributed by atoms with van der Waals surface area (Å²) in [7, 11) is 2.10. The van der Waals surface area contributed by atoms with Gasteiger partial charge in [-0.25, -0.2) is 4.79 Å². The Bertz CT molecular complexity index is 241. The summed E-state index contributed by atoms with van der Waals surface area (Å²) in [6.45, 7) is 8.58. The summed E-state index contributed by atoms with van der Waals surface area (Å²) in [6, 6.07) is 0.473. The van der Waals surface area contributed by atoms with Gasteiger partial charge in [0, 0.05) is 24.7 Å². The molecule has 0 aromatic heterocycles. The molecule has 0 aliphatic carbocycles. The fraction of sp³-hybridized carbons (Fsp3) is 0.727. The third-order valence-electron chi connectivity index (χ3n) is 2.56. The van der Waals surface area contributed by atoms with E-state index in [0.29, 0.717) is 24.8 Å². The maximum absolute atomic E-state index is 11.2. The highest BCUT2D eigenvalue weighted by Gasteiger charge is 2.19. The predicted molar refractivity (Wildman–Crippen MR) is 59.7 cm³/mol. The average molecular weight is 212 g/mol. The Morgan fingerprint density at radius 2 is 2.40 bits per heavy atom. The van der Waals surface area contributed by atoms with Crippen molar-refractivity contribution < 1.29 is 9.53 Å². The lowest BCUT2D eigenvalue weighted by Gasteiger charge is -2.13. The van der Waals surface area contributed by atoms with Crippen LogP contribution in [-0.4, -0.2) is 50.2 Å². The van der Waals surface area contributed by atoms with Crippen LogP contribution in [-0.2, 0) is 9.53 Å². The smallest absolute Gasteiger partial charge is 0.334 e. The topological polar surface area (TPSA) is 41.6 Å². The molecule has 1 atom stereocenters. The summed E-state index contributed by atoms with van der Waals surface area (Å²) in [6.07, 6.45) is 1.13. The van der Waals surface area contributed by atoms with Crippen molar-refractivity contribution >= 4 is 5.97 Å². The van der Waals surface area contributed by atoms with Crippen LogP contribution >= 0.6 is 0 Å². The van der Waals surface area contributed by atoms with Gasteiger partial charge < -0.3 is 15.0 Å². The van der Waals surface area contributed by atoms with Crippen LogP contribution in [0.2, 0.25) is 0 Å². The zero-order valence-electron chi connectivity index (χ0n) is 9.58. The maximum atomic E-state index is 11.2. The van der Waals surface area contributed by atoms with Gasteiger partial charge in [-0.1, -0.05) is 6.58 Å². The summed E-state index contributed by atoms with van der Waals surface area (Å²) >= 11 is 0. The molecule has 1 aliphatic rings. The van der Waals surface area contributed by atoms with Crippen molar-refractivity contribution in [1.82, 2.24) is 10.2 Å². The van der Waals surface area contributed by atoms with Crippen molar-refractivity contribution in [2.24, 2.45) is 0 Å². The standard InChI is InChI=1S/C11H20N2O2/c1-4-15-11(14)9(2)7-12-10-5-6-13(3)8-10/h10,12H,2,4-8H2,1,3H3. The molecule has 1 N–H and O–H groups in total. The zero-order valence-corrected chi connectivity index (χ0v) is 9.58. The molecule has 1 fully saturated rings. The van der Waals surface area contributed by atoms with E-state index in [1.54, 1.807) is 6.92 Å². The average Bonchev–Trinajstić information content (AvgIpc) is 2.61. The minimum Gasteiger partial charge on any atom is -0.463 e. The molecule has 0 amide bonds. The van der Waals surface area contributed by atoms with E-state index in [2.05, 4.69) is 23.8 Å². The summed E-state index contributed by atoms with van der Waals surface area (Å²) < 4.78 is 4.85. The van der Waals surface area contributed by atoms with Crippen molar-refractivity contribution in [3.8, 4) is 0 Å². The molecule has 4 nitrogen and oxygen atoms in total. The molecule has 0 aromatic carbocycles. The van der Waals surface area contributed by atoms with E-state index in [1.165, 1.54) is 0 Å². The van der Waals surface area contributed by atoms with E-state index in [9.17, 15) is 4.79 Å². The summed E-state index contributed by atoms with van der Waals surface area (Å²) in [5.74, 6) is -0.295. The number of esters is 1. The minimum atomic E-state index is -0.295. The van der Waals surface area contributed by atoms with Crippen molar-refractivity contribution in [2.75, 3.05) is 33.3 Å². The second-order valence-corrected chi connectivity index (χ2v) is 3.95. The lowest BCUT2D eigenvalue weighted by molar-refractivity contribution is -0.138. The molecule has 1 heterocycles. The maximum Gasteiger partial charge on any atom is 0.334 e. The van der Waals surface area contributed by atoms with Crippen LogP contribution in [0.1, 0.15) is 13.3 Å². The Morgan fingerprint density at radius 1 is 1.67 bits per heavy atom. The highest BCUT2D eigenvalue weighted by molar-refractivity contribution is 5.88. The van der Waals surface area contributed by atoms with Gasteiger partial charge in [-0.05, 0) is 26.9 Å². The van der Waals surface area contributed by atoms with Crippen LogP contribution in [0.3, 0.4) is 0 Å². The van der Waals surface area contributed by atoms with Crippen molar-refractivity contribution in [1.29, 1.82) is 0 Å². The van der Waals surface area contributed by atoms with Gasteiger partial charge in [0.1, 0.15) is 0 Å². The number of carbonyl (C=O) groups is 1. The van der Waals surface area contributed by atoms with E-state index in [1.807, 2.05) is 0 Å². The Morgan fingerprint density at radius 3 is 2.93 bits per heavy atom. The van der Waals surface area contributed by atoms with Gasteiger partial charge in [-0.15, -0.1) is 0 Å². The molecule has 0 aromatic rings. The van der Waals surface area contributed by atoms with Gasteiger partial charge in [0.15, 0.2) is 0 Å². The van der Waals surface area contributed by atoms with E-state index in [-0.39, 0.29) is 5.97 Å². The van der Waals surface area contributed by atoms with Gasteiger partial charge in [0.25, 0.3) is 0 Å². The van der Waals surface area contributed by atoms with Crippen LogP contribution in [0.15, 0.2) is 12.2 Å². The summed E-state index contributed by atoms with van der Waals surface area (Å²) in [5.41, 5.74) is 0.506. The third-order valence-corrected chi connectivity index (χ3v) is 2.56. The Balaban J connectivity index is 2.19. The van der Waals surface area contributed by atoms with Gasteiger partial charge in [-0.2, -0.15) is 0 Å². The second-order valence-electron chi connectivity index (χ2n) is 3.95. The number of ether oxygens (including phenoxy) is 1. The Kier molecular flexibility index (Phi) is 4.78. The van der Waals surface area contributed by atoms with Gasteiger partial charge in [0.2, 0.25) is 0 Å². The molecule has 1 saturated heterocycles. The van der Waals surface area contributed by atoms with Crippen LogP contribution in [0.4, 0.5) is 0 Å². The zero-order chi connectivity index (χ0) is 11.3. The lowest BCUT2D eigenvalue weighted by Crippen LogP contribution is -2.34. The second kappa shape index (κ2) is 5.88. The summed E-state index contributed by atoms with van der Waals surface area (Å²) in [4.78, 5) is 13.5. The van der Waals surface area contributed by atoms with E-state index >= 15 is 0 Å². The molecule has 15 heavy (non-hydrogen) atoms. The molecule has 0 spiro atoms. The first kappa shape index (κ1) is 12.2. The van der Waals surface area contributed by atoms with E-state index < -0.39 is 0 Å². The van der Waals surface area contributed by atoms with Gasteiger partial charge >= 0.3 is 5.97 Å². The van der Waals surface area contributed by atoms with Crippen molar-refractivity contribution in [3.05, 3.63) is 12.2 Å². The number of nitrogens with one attached hydrogen (secondary N) is 1. The monoisotopic (exact) mass is 212 g/mol. The largest absolute Gasteiger partial charge is 0.463 e. The number of hydrogen-bond acceptors (Lipinski definition) is 4. The van der Waals surface area contributed by atoms with Crippen molar-refractivity contribution in [2.45, 2.75) is 19.4 Å². The highest BCUT2D eigenvalue weighted by Crippen LogP contribution is 2.06. The molecular formula is C11H20N2O2. The number of likely N-dealkylation sites (N-methyl/N-ethyl adjacent to an activating group) is 1. The van der Waals surface area contributed by atoms with Gasteiger partial charge in [-0.3, -0.25) is 0 Å². The number of rotatable bonds is 5. The Hall–Kier alpha value is -0.870. The number of likely N-dealkylation sites (tertiary alicyclic amines) is 1. The molecule has 0 bridgehead atoms. The predicted octanol–water partition coefficient (Wildman–Crippen LogP) is 0.399. The molecule has 1 unspecified atom stereocenters. The molecular weight excluding hydrogens is 192 g/mol. The number of carbonyl (C=O) groups excluding carboxylic acids is 1. The van der Waals surface area contributed by atoms with Crippen LogP contribution in [0, 0.1) is 0 Å². The number of nitrogens with zero attached hydrogens (tertiary/aromatic N) is 1. The number of hydrogen-bond donors (Lipinski definition) is 1. The first-order chi connectivity index (χ1) is 7.13. The Labute approximate surface area is 91.3 Å². The molecule has 4 heteroatoms. The summed E-state index contributed by atoms with van der Waals surface area (Å²) in [5, 5.41) is 3.31. The molecule has 1 rings (SSSR count). The normalized spacial score (nSPS) is 21.6. The van der Waals surface area contributed by atoms with Crippen LogP contribution in [0.5, 0.6) is 0 Å². The van der Waals surface area contributed by atoms with Crippen LogP contribution in [0.25, 0.3) is 0 Å². The minimum absolute atomic E-state index is 0.295. The molecule has 0 saturated carbocycles. The third kappa shape index (κ3) is 4.01. The van der Waals surface area contributed by atoms with Crippen LogP contribution < -0.4 is 5.32 Å². The molecule has 0 radical (unpaired) electrons. The fourth-order valence-electron chi connectivity index (χ4n) is 1.67. The lowest BCUT2D eigenvalue weighted by atomic mass is 10.2. The van der Waals surface area contributed by atoms with E-state index in [0.717, 1.165) is 19.5 Å². The molecule has 1 aliphatic heterocycles. The van der Waals surface area contributed by atoms with Gasteiger partial charge in [0.05, 0.1) is 6.61 Å². The highest BCUT2D eigenvalue weighted by atomic mass is 16.5. The SMILES string of the molecule is C=C(CNC1CCN(C)C1)C(=O)OCC. The first-order valence-electron chi connectivity index (χ1n) is 5.40. The van der Waals surface area contributed by atoms with Crippen molar-refractivity contribution in [3.63, 3.8) is 0 Å². The molecule has 86 valence electrons.